The van der Waals surface area contributed by atoms with Crippen LogP contribution in [-0.4, -0.2) is 40.6 Å². The van der Waals surface area contributed by atoms with Gasteiger partial charge in [-0.25, -0.2) is 0 Å². The van der Waals surface area contributed by atoms with Crippen LogP contribution in [0.2, 0.25) is 0 Å². The Hall–Kier alpha value is -2.95. The van der Waals surface area contributed by atoms with Crippen LogP contribution in [0.25, 0.3) is 5.70 Å². The lowest BCUT2D eigenvalue weighted by Crippen LogP contribution is -2.19. The summed E-state index contributed by atoms with van der Waals surface area (Å²) < 4.78 is 11.7. The van der Waals surface area contributed by atoms with Crippen LogP contribution in [0.1, 0.15) is 51.2 Å². The number of nitrogens with one attached hydrogen (secondary N) is 1. The highest BCUT2D eigenvalue weighted by Gasteiger charge is 2.17. The van der Waals surface area contributed by atoms with Gasteiger partial charge in [0.25, 0.3) is 0 Å². The van der Waals surface area contributed by atoms with E-state index >= 15 is 0 Å². The molecule has 1 atom stereocenters. The van der Waals surface area contributed by atoms with E-state index in [0.29, 0.717) is 24.4 Å². The Morgan fingerprint density at radius 2 is 1.92 bits per heavy atom. The summed E-state index contributed by atoms with van der Waals surface area (Å²) in [7, 11) is 0.680. The number of aliphatic hydroxyl groups is 1. The molecule has 8 nitrogen and oxygen atoms in total. The Morgan fingerprint density at radius 3 is 2.64 bits per heavy atom. The Bertz CT molecular complexity index is 1150. The third-order valence-corrected chi connectivity index (χ3v) is 8.17. The standard InChI is InChI=1S/C26H33N5O3S2/c1-4-34-26-12-8-7-11-24(26)28-27-20(2)21(3)29-31(19-33)36-30-25(18-35-36)23-15-13-22(14-16-23)10-6-5-9-17-32/h7-8,11-16,18-19,28,32H,4-6,9-10,17H2,1-3H3/b27-20-,29-21-. The molecule has 2 aromatic rings. The van der Waals surface area contributed by atoms with E-state index in [1.54, 1.807) is 0 Å². The van der Waals surface area contributed by atoms with E-state index in [2.05, 4.69) is 39.9 Å². The highest BCUT2D eigenvalue weighted by atomic mass is 33.1. The summed E-state index contributed by atoms with van der Waals surface area (Å²) in [5.41, 5.74) is 8.14. The molecule has 2 N–H and O–H groups in total. The Kier molecular flexibility index (Phi) is 11.2. The first-order valence-electron chi connectivity index (χ1n) is 11.9. The zero-order chi connectivity index (χ0) is 25.8. The van der Waals surface area contributed by atoms with Crippen molar-refractivity contribution >= 4 is 49.9 Å². The number of unbranched alkanes of at least 4 members (excludes halogenated alkanes) is 2. The molecular formula is C26H33N5O3S2. The van der Waals surface area contributed by atoms with Crippen molar-refractivity contribution in [3.05, 3.63) is 65.1 Å². The molecule has 1 amide bonds. The van der Waals surface area contributed by atoms with E-state index in [9.17, 15) is 4.79 Å². The Morgan fingerprint density at radius 1 is 1.14 bits per heavy atom. The molecule has 36 heavy (non-hydrogen) atoms. The van der Waals surface area contributed by atoms with E-state index in [1.807, 2.05) is 50.4 Å². The van der Waals surface area contributed by atoms with Crippen molar-refractivity contribution in [2.75, 3.05) is 18.6 Å². The lowest BCUT2D eigenvalue weighted by Gasteiger charge is -2.12. The number of aryl methyl sites for hydroxylation is 1. The van der Waals surface area contributed by atoms with Crippen molar-refractivity contribution in [3.63, 3.8) is 0 Å². The van der Waals surface area contributed by atoms with Crippen molar-refractivity contribution < 1.29 is 14.6 Å². The molecule has 0 saturated carbocycles. The highest BCUT2D eigenvalue weighted by Crippen LogP contribution is 2.33. The number of aliphatic hydroxyl groups excluding tert-OH is 1. The molecule has 1 unspecified atom stereocenters. The second-order valence-corrected chi connectivity index (χ2v) is 10.9. The minimum atomic E-state index is -0.784. The third kappa shape index (κ3) is 8.04. The first-order valence-corrected chi connectivity index (χ1v) is 14.4. The lowest BCUT2D eigenvalue weighted by atomic mass is 10.0. The molecule has 192 valence electrons. The average molecular weight is 528 g/mol. The van der Waals surface area contributed by atoms with Crippen LogP contribution in [0.5, 0.6) is 5.75 Å². The zero-order valence-electron chi connectivity index (χ0n) is 20.9. The van der Waals surface area contributed by atoms with Gasteiger partial charge in [0.05, 0.1) is 39.3 Å². The van der Waals surface area contributed by atoms with E-state index in [4.69, 9.17) is 14.2 Å². The monoisotopic (exact) mass is 527 g/mol. The number of anilines is 1. The molecule has 1 aliphatic rings. The molecule has 0 fully saturated rings. The van der Waals surface area contributed by atoms with Crippen LogP contribution in [0.4, 0.5) is 5.69 Å². The molecule has 10 heteroatoms. The van der Waals surface area contributed by atoms with Gasteiger partial charge in [-0.15, -0.1) is 0 Å². The second-order valence-electron chi connectivity index (χ2n) is 7.98. The lowest BCUT2D eigenvalue weighted by molar-refractivity contribution is -0.113. The molecular weight excluding hydrogens is 494 g/mol. The van der Waals surface area contributed by atoms with Gasteiger partial charge >= 0.3 is 0 Å². The second kappa shape index (κ2) is 14.6. The normalized spacial score (nSPS) is 15.8. The van der Waals surface area contributed by atoms with Crippen LogP contribution in [-0.2, 0) is 21.1 Å². The van der Waals surface area contributed by atoms with Gasteiger partial charge in [0.15, 0.2) is 0 Å². The number of benzene rings is 2. The predicted molar refractivity (Wildman–Crippen MR) is 152 cm³/mol. The number of nitrogens with zero attached hydrogens (tertiary/aromatic N) is 4. The van der Waals surface area contributed by atoms with Gasteiger partial charge in [0.1, 0.15) is 5.75 Å². The van der Waals surface area contributed by atoms with Gasteiger partial charge in [0.2, 0.25) is 6.41 Å². The number of rotatable bonds is 14. The highest BCUT2D eigenvalue weighted by molar-refractivity contribution is 8.70. The average Bonchev–Trinajstić information content (AvgIpc) is 3.39. The molecule has 0 aromatic heterocycles. The molecule has 0 saturated heterocycles. The van der Waals surface area contributed by atoms with Crippen molar-refractivity contribution in [1.82, 2.24) is 4.41 Å². The summed E-state index contributed by atoms with van der Waals surface area (Å²) in [4.78, 5) is 11.8. The fourth-order valence-electron chi connectivity index (χ4n) is 3.26. The van der Waals surface area contributed by atoms with Crippen LogP contribution < -0.4 is 10.2 Å². The third-order valence-electron chi connectivity index (χ3n) is 5.35. The molecule has 3 rings (SSSR count). The van der Waals surface area contributed by atoms with Gasteiger partial charge in [-0.3, -0.25) is 10.2 Å². The number of amides is 1. The maximum absolute atomic E-state index is 11.8. The topological polar surface area (TPSA) is 98.9 Å². The van der Waals surface area contributed by atoms with Crippen molar-refractivity contribution in [2.45, 2.75) is 46.5 Å². The molecule has 0 bridgehead atoms. The fraction of sp³-hybridized carbons (Fsp3) is 0.346. The summed E-state index contributed by atoms with van der Waals surface area (Å²) in [6.45, 7) is 6.38. The van der Waals surface area contributed by atoms with Gasteiger partial charge in [-0.05, 0) is 68.5 Å². The number of carbonyl (C=O) groups excluding carboxylic acids is 1. The number of para-hydroxylation sites is 2. The number of carbonyl (C=O) groups is 1. The molecule has 1 heterocycles. The van der Waals surface area contributed by atoms with Crippen molar-refractivity contribution in [1.29, 1.82) is 0 Å². The summed E-state index contributed by atoms with van der Waals surface area (Å²) in [5, 5.41) is 19.7. The number of hydrazone groups is 2. The smallest absolute Gasteiger partial charge is 0.241 e. The van der Waals surface area contributed by atoms with Crippen molar-refractivity contribution in [3.8, 4) is 5.75 Å². The predicted octanol–water partition coefficient (Wildman–Crippen LogP) is 5.79. The van der Waals surface area contributed by atoms with Gasteiger partial charge in [-0.2, -0.15) is 19.0 Å². The summed E-state index contributed by atoms with van der Waals surface area (Å²) >= 11 is 0. The Balaban J connectivity index is 1.64. The van der Waals surface area contributed by atoms with Gasteiger partial charge in [0, 0.05) is 17.6 Å². The number of hydrogen-bond donors (Lipinski definition) is 2. The molecule has 0 spiro atoms. The van der Waals surface area contributed by atoms with Gasteiger partial charge in [-0.1, -0.05) is 42.8 Å². The molecule has 1 aliphatic heterocycles. The van der Waals surface area contributed by atoms with Crippen LogP contribution in [0.15, 0.2) is 68.5 Å². The van der Waals surface area contributed by atoms with E-state index in [-0.39, 0.29) is 6.61 Å². The van der Waals surface area contributed by atoms with Crippen molar-refractivity contribution in [2.24, 2.45) is 14.6 Å². The molecule has 0 aliphatic carbocycles. The van der Waals surface area contributed by atoms with Gasteiger partial charge < -0.3 is 9.84 Å². The fourth-order valence-corrected chi connectivity index (χ4v) is 5.87. The SMILES string of the molecule is CCOc1ccccc1N/N=C(C)\C(C)=N/N(C=O)S1=NC(c2ccc(CCCCCO)cc2)=CS1. The van der Waals surface area contributed by atoms with E-state index < -0.39 is 9.91 Å². The summed E-state index contributed by atoms with van der Waals surface area (Å²) in [6.07, 6.45) is 4.63. The summed E-state index contributed by atoms with van der Waals surface area (Å²) in [6, 6.07) is 15.9. The first-order chi connectivity index (χ1) is 17.5. The van der Waals surface area contributed by atoms with Crippen LogP contribution >= 0.6 is 10.8 Å². The Labute approximate surface area is 219 Å². The minimum absolute atomic E-state index is 0.252. The largest absolute Gasteiger partial charge is 0.492 e. The number of ether oxygens (including phenoxy) is 1. The maximum Gasteiger partial charge on any atom is 0.241 e. The number of hydrogen-bond acceptors (Lipinski definition) is 8. The zero-order valence-corrected chi connectivity index (χ0v) is 22.5. The van der Waals surface area contributed by atoms with E-state index in [1.165, 1.54) is 20.8 Å². The molecule has 0 radical (unpaired) electrons. The first kappa shape index (κ1) is 27.6. The van der Waals surface area contributed by atoms with E-state index in [0.717, 1.165) is 48.4 Å². The quantitative estimate of drug-likeness (QED) is 0.107. The minimum Gasteiger partial charge on any atom is -0.492 e. The van der Waals surface area contributed by atoms with Crippen LogP contribution in [0.3, 0.4) is 0 Å². The maximum atomic E-state index is 11.8. The molecule has 2 aromatic carbocycles. The summed E-state index contributed by atoms with van der Waals surface area (Å²) in [5.74, 6) is 0.719. The van der Waals surface area contributed by atoms with Crippen LogP contribution in [0, 0.1) is 0 Å².